The Bertz CT molecular complexity index is 656. The first-order valence-corrected chi connectivity index (χ1v) is 6.91. The summed E-state index contributed by atoms with van der Waals surface area (Å²) in [6.07, 6.45) is 0. The summed E-state index contributed by atoms with van der Waals surface area (Å²) in [5, 5.41) is 5.20. The van der Waals surface area contributed by atoms with E-state index in [2.05, 4.69) is 10.6 Å². The third-order valence-electron chi connectivity index (χ3n) is 3.18. The van der Waals surface area contributed by atoms with E-state index in [1.807, 2.05) is 37.3 Å². The summed E-state index contributed by atoms with van der Waals surface area (Å²) in [7, 11) is 1.54. The summed E-state index contributed by atoms with van der Waals surface area (Å²) in [4.78, 5) is 23.8. The van der Waals surface area contributed by atoms with Crippen LogP contribution in [0.5, 0.6) is 5.75 Å². The van der Waals surface area contributed by atoms with E-state index in [0.29, 0.717) is 11.4 Å². The highest BCUT2D eigenvalue weighted by Gasteiger charge is 2.17. The number of ether oxygens (including phenoxy) is 1. The summed E-state index contributed by atoms with van der Waals surface area (Å²) in [5.41, 5.74) is 1.44. The second kappa shape index (κ2) is 7.26. The lowest BCUT2D eigenvalue weighted by Crippen LogP contribution is -2.36. The topological polar surface area (TPSA) is 67.4 Å². The molecule has 2 N–H and O–H groups in total. The van der Waals surface area contributed by atoms with Crippen molar-refractivity contribution in [1.29, 1.82) is 0 Å². The maximum absolute atomic E-state index is 11.9. The van der Waals surface area contributed by atoms with Gasteiger partial charge < -0.3 is 15.4 Å². The highest BCUT2D eigenvalue weighted by Crippen LogP contribution is 2.16. The van der Waals surface area contributed by atoms with Crippen LogP contribution in [0.2, 0.25) is 0 Å². The average molecular weight is 298 g/mol. The van der Waals surface area contributed by atoms with Gasteiger partial charge in [0.1, 0.15) is 5.75 Å². The predicted octanol–water partition coefficient (Wildman–Crippen LogP) is 2.51. The van der Waals surface area contributed by atoms with Crippen molar-refractivity contribution in [2.24, 2.45) is 0 Å². The maximum Gasteiger partial charge on any atom is 0.313 e. The molecule has 2 rings (SSSR count). The van der Waals surface area contributed by atoms with Crippen LogP contribution in [0.15, 0.2) is 54.6 Å². The van der Waals surface area contributed by atoms with Crippen molar-refractivity contribution in [3.05, 3.63) is 60.2 Å². The van der Waals surface area contributed by atoms with Crippen LogP contribution >= 0.6 is 0 Å². The molecule has 5 nitrogen and oxygen atoms in total. The smallest absolute Gasteiger partial charge is 0.313 e. The van der Waals surface area contributed by atoms with E-state index in [9.17, 15) is 9.59 Å². The summed E-state index contributed by atoms with van der Waals surface area (Å²) in [6.45, 7) is 1.83. The molecule has 1 atom stereocenters. The van der Waals surface area contributed by atoms with Crippen molar-refractivity contribution in [3.63, 3.8) is 0 Å². The molecular formula is C17H18N2O3. The molecule has 0 heterocycles. The lowest BCUT2D eigenvalue weighted by molar-refractivity contribution is -0.136. The number of carbonyl (C=O) groups excluding carboxylic acids is 2. The van der Waals surface area contributed by atoms with Crippen LogP contribution in [0.4, 0.5) is 5.69 Å². The van der Waals surface area contributed by atoms with Crippen LogP contribution in [0.25, 0.3) is 0 Å². The van der Waals surface area contributed by atoms with E-state index in [4.69, 9.17) is 4.74 Å². The SMILES string of the molecule is COc1cccc(NC(=O)C(=O)N[C@H](C)c2ccccc2)c1. The molecule has 0 aromatic heterocycles. The van der Waals surface area contributed by atoms with Gasteiger partial charge in [-0.05, 0) is 24.6 Å². The number of amides is 2. The molecule has 0 aliphatic rings. The molecule has 2 aromatic carbocycles. The number of rotatable bonds is 4. The zero-order valence-electron chi connectivity index (χ0n) is 12.5. The average Bonchev–Trinajstić information content (AvgIpc) is 2.55. The molecule has 0 fully saturated rings. The Morgan fingerprint density at radius 1 is 1.00 bits per heavy atom. The van der Waals surface area contributed by atoms with Crippen LogP contribution < -0.4 is 15.4 Å². The van der Waals surface area contributed by atoms with Gasteiger partial charge in [-0.15, -0.1) is 0 Å². The van der Waals surface area contributed by atoms with E-state index < -0.39 is 11.8 Å². The number of methoxy groups -OCH3 is 1. The van der Waals surface area contributed by atoms with E-state index in [1.165, 1.54) is 7.11 Å². The van der Waals surface area contributed by atoms with Crippen LogP contribution in [-0.2, 0) is 9.59 Å². The molecule has 0 aliphatic heterocycles. The lowest BCUT2D eigenvalue weighted by Gasteiger charge is -2.14. The van der Waals surface area contributed by atoms with Gasteiger partial charge in [-0.25, -0.2) is 0 Å². The quantitative estimate of drug-likeness (QED) is 0.852. The normalized spacial score (nSPS) is 11.4. The highest BCUT2D eigenvalue weighted by molar-refractivity contribution is 6.39. The Hall–Kier alpha value is -2.82. The van der Waals surface area contributed by atoms with Gasteiger partial charge in [0, 0.05) is 11.8 Å². The summed E-state index contributed by atoms with van der Waals surface area (Å²) in [5.74, 6) is -0.786. The second-order valence-electron chi connectivity index (χ2n) is 4.79. The number of nitrogens with one attached hydrogen (secondary N) is 2. The Morgan fingerprint density at radius 3 is 2.41 bits per heavy atom. The van der Waals surface area contributed by atoms with Crippen molar-refractivity contribution in [2.75, 3.05) is 12.4 Å². The van der Waals surface area contributed by atoms with Gasteiger partial charge in [-0.3, -0.25) is 9.59 Å². The molecular weight excluding hydrogens is 280 g/mol. The van der Waals surface area contributed by atoms with Gasteiger partial charge >= 0.3 is 11.8 Å². The van der Waals surface area contributed by atoms with Gasteiger partial charge in [-0.2, -0.15) is 0 Å². The van der Waals surface area contributed by atoms with Gasteiger partial charge in [0.15, 0.2) is 0 Å². The standard InChI is InChI=1S/C17H18N2O3/c1-12(13-7-4-3-5-8-13)18-16(20)17(21)19-14-9-6-10-15(11-14)22-2/h3-12H,1-2H3,(H,18,20)(H,19,21)/t12-/m1/s1. The molecule has 5 heteroatoms. The van der Waals surface area contributed by atoms with Crippen molar-refractivity contribution >= 4 is 17.5 Å². The number of hydrogen-bond donors (Lipinski definition) is 2. The molecule has 0 spiro atoms. The van der Waals surface area contributed by atoms with Crippen molar-refractivity contribution < 1.29 is 14.3 Å². The molecule has 0 saturated heterocycles. The Kier molecular flexibility index (Phi) is 5.14. The lowest BCUT2D eigenvalue weighted by atomic mass is 10.1. The Balaban J connectivity index is 1.96. The zero-order chi connectivity index (χ0) is 15.9. The fraction of sp³-hybridized carbons (Fsp3) is 0.176. The second-order valence-corrected chi connectivity index (χ2v) is 4.79. The van der Waals surface area contributed by atoms with Crippen molar-refractivity contribution in [1.82, 2.24) is 5.32 Å². The molecule has 114 valence electrons. The summed E-state index contributed by atoms with van der Waals surface area (Å²) in [6, 6.07) is 16.0. The minimum atomic E-state index is -0.712. The Labute approximate surface area is 129 Å². The number of benzene rings is 2. The monoisotopic (exact) mass is 298 g/mol. The van der Waals surface area contributed by atoms with Gasteiger partial charge in [0.25, 0.3) is 0 Å². The third-order valence-corrected chi connectivity index (χ3v) is 3.18. The van der Waals surface area contributed by atoms with Crippen LogP contribution in [0.1, 0.15) is 18.5 Å². The van der Waals surface area contributed by atoms with Crippen LogP contribution in [-0.4, -0.2) is 18.9 Å². The van der Waals surface area contributed by atoms with E-state index >= 15 is 0 Å². The minimum Gasteiger partial charge on any atom is -0.497 e. The van der Waals surface area contributed by atoms with Crippen LogP contribution in [0, 0.1) is 0 Å². The number of carbonyl (C=O) groups is 2. The largest absolute Gasteiger partial charge is 0.497 e. The highest BCUT2D eigenvalue weighted by atomic mass is 16.5. The van der Waals surface area contributed by atoms with E-state index in [-0.39, 0.29) is 6.04 Å². The van der Waals surface area contributed by atoms with Crippen molar-refractivity contribution in [3.8, 4) is 5.75 Å². The van der Waals surface area contributed by atoms with Gasteiger partial charge in [-0.1, -0.05) is 36.4 Å². The fourth-order valence-electron chi connectivity index (χ4n) is 1.98. The minimum absolute atomic E-state index is 0.246. The molecule has 0 aliphatic carbocycles. The first-order valence-electron chi connectivity index (χ1n) is 6.91. The number of hydrogen-bond acceptors (Lipinski definition) is 3. The first-order chi connectivity index (χ1) is 10.6. The predicted molar refractivity (Wildman–Crippen MR) is 84.6 cm³/mol. The molecule has 0 saturated carbocycles. The van der Waals surface area contributed by atoms with Crippen LogP contribution in [0.3, 0.4) is 0 Å². The summed E-state index contributed by atoms with van der Waals surface area (Å²) < 4.78 is 5.07. The zero-order valence-corrected chi connectivity index (χ0v) is 12.5. The Morgan fingerprint density at radius 2 is 1.73 bits per heavy atom. The van der Waals surface area contributed by atoms with E-state index in [0.717, 1.165) is 5.56 Å². The molecule has 2 amide bonds. The van der Waals surface area contributed by atoms with Gasteiger partial charge in [0.2, 0.25) is 0 Å². The van der Waals surface area contributed by atoms with Crippen molar-refractivity contribution in [2.45, 2.75) is 13.0 Å². The third kappa shape index (κ3) is 4.09. The molecule has 0 bridgehead atoms. The maximum atomic E-state index is 11.9. The molecule has 2 aromatic rings. The number of anilines is 1. The summed E-state index contributed by atoms with van der Waals surface area (Å²) >= 11 is 0. The van der Waals surface area contributed by atoms with Gasteiger partial charge in [0.05, 0.1) is 13.2 Å². The van der Waals surface area contributed by atoms with E-state index in [1.54, 1.807) is 24.3 Å². The molecule has 0 radical (unpaired) electrons. The molecule has 22 heavy (non-hydrogen) atoms. The fourth-order valence-corrected chi connectivity index (χ4v) is 1.98. The first kappa shape index (κ1) is 15.6. The molecule has 0 unspecified atom stereocenters.